The van der Waals surface area contributed by atoms with Crippen LogP contribution in [-0.4, -0.2) is 44.3 Å². The largest absolute Gasteiger partial charge is 0.468 e. The Morgan fingerprint density at radius 2 is 2.16 bits per heavy atom. The van der Waals surface area contributed by atoms with E-state index in [-0.39, 0.29) is 0 Å². The van der Waals surface area contributed by atoms with Crippen molar-refractivity contribution >= 4 is 0 Å². The highest BCUT2D eigenvalue weighted by Crippen LogP contribution is 2.04. The minimum Gasteiger partial charge on any atom is -0.468 e. The highest BCUT2D eigenvalue weighted by Gasteiger charge is 2.04. The number of hydrogen-bond donors (Lipinski definition) is 1. The third kappa shape index (κ3) is 8.03. The number of ether oxygens (including phenoxy) is 1. The van der Waals surface area contributed by atoms with Gasteiger partial charge in [0.1, 0.15) is 5.76 Å². The Labute approximate surface area is 117 Å². The van der Waals surface area contributed by atoms with E-state index in [2.05, 4.69) is 24.1 Å². The van der Waals surface area contributed by atoms with E-state index in [1.54, 1.807) is 6.26 Å². The van der Waals surface area contributed by atoms with Crippen molar-refractivity contribution in [3.63, 3.8) is 0 Å². The maximum Gasteiger partial charge on any atom is 0.117 e. The van der Waals surface area contributed by atoms with Crippen LogP contribution in [0.3, 0.4) is 0 Å². The van der Waals surface area contributed by atoms with E-state index >= 15 is 0 Å². The molecular weight excluding hydrogens is 240 g/mol. The second-order valence-corrected chi connectivity index (χ2v) is 4.66. The molecule has 1 heterocycles. The van der Waals surface area contributed by atoms with Gasteiger partial charge >= 0.3 is 0 Å². The molecule has 4 heteroatoms. The van der Waals surface area contributed by atoms with E-state index in [1.165, 1.54) is 6.42 Å². The molecule has 0 saturated carbocycles. The molecule has 1 aromatic rings. The lowest BCUT2D eigenvalue weighted by atomic mass is 10.4. The van der Waals surface area contributed by atoms with Crippen LogP contribution in [0, 0.1) is 0 Å². The van der Waals surface area contributed by atoms with Crippen molar-refractivity contribution in [1.29, 1.82) is 0 Å². The highest BCUT2D eigenvalue weighted by molar-refractivity contribution is 4.97. The number of rotatable bonds is 12. The molecule has 4 nitrogen and oxygen atoms in total. The zero-order valence-electron chi connectivity index (χ0n) is 12.4. The molecule has 0 radical (unpaired) electrons. The van der Waals surface area contributed by atoms with Gasteiger partial charge in [0.05, 0.1) is 19.4 Å². The van der Waals surface area contributed by atoms with Crippen LogP contribution in [-0.2, 0) is 11.3 Å². The molecule has 0 unspecified atom stereocenters. The molecule has 0 aliphatic rings. The minimum absolute atomic E-state index is 0.810. The maximum absolute atomic E-state index is 5.50. The summed E-state index contributed by atoms with van der Waals surface area (Å²) in [5.74, 6) is 1.03. The number of likely N-dealkylation sites (N-methyl/N-ethyl adjacent to an activating group) is 1. The van der Waals surface area contributed by atoms with Crippen LogP contribution < -0.4 is 5.32 Å². The van der Waals surface area contributed by atoms with Gasteiger partial charge < -0.3 is 14.5 Å². The average Bonchev–Trinajstić information content (AvgIpc) is 2.93. The van der Waals surface area contributed by atoms with Crippen LogP contribution >= 0.6 is 0 Å². The summed E-state index contributed by atoms with van der Waals surface area (Å²) in [6.07, 6.45) is 4.09. The lowest BCUT2D eigenvalue weighted by molar-refractivity contribution is 0.132. The number of hydrogen-bond acceptors (Lipinski definition) is 4. The first-order chi connectivity index (χ1) is 9.36. The summed E-state index contributed by atoms with van der Waals surface area (Å²) < 4.78 is 10.9. The van der Waals surface area contributed by atoms with Crippen molar-refractivity contribution in [1.82, 2.24) is 10.2 Å². The summed E-state index contributed by atoms with van der Waals surface area (Å²) in [5.41, 5.74) is 0. The second-order valence-electron chi connectivity index (χ2n) is 4.66. The van der Waals surface area contributed by atoms with Gasteiger partial charge in [0, 0.05) is 26.2 Å². The van der Waals surface area contributed by atoms with E-state index in [9.17, 15) is 0 Å². The van der Waals surface area contributed by atoms with E-state index in [4.69, 9.17) is 9.15 Å². The zero-order valence-corrected chi connectivity index (χ0v) is 12.4. The Kier molecular flexibility index (Phi) is 9.41. The smallest absolute Gasteiger partial charge is 0.117 e. The molecule has 1 N–H and O–H groups in total. The van der Waals surface area contributed by atoms with Crippen LogP contribution in [0.2, 0.25) is 0 Å². The maximum atomic E-state index is 5.50. The second kappa shape index (κ2) is 11.0. The van der Waals surface area contributed by atoms with Crippen molar-refractivity contribution in [2.45, 2.75) is 33.2 Å². The summed E-state index contributed by atoms with van der Waals surface area (Å²) in [5, 5.41) is 3.41. The first kappa shape index (κ1) is 16.2. The molecular formula is C15H28N2O2. The summed E-state index contributed by atoms with van der Waals surface area (Å²) in [7, 11) is 0. The fourth-order valence-electron chi connectivity index (χ4n) is 1.83. The first-order valence-corrected chi connectivity index (χ1v) is 7.40. The molecule has 19 heavy (non-hydrogen) atoms. The Morgan fingerprint density at radius 1 is 1.26 bits per heavy atom. The molecule has 0 atom stereocenters. The van der Waals surface area contributed by atoms with Crippen molar-refractivity contribution in [3.05, 3.63) is 24.2 Å². The van der Waals surface area contributed by atoms with Gasteiger partial charge in [-0.1, -0.05) is 20.3 Å². The van der Waals surface area contributed by atoms with Gasteiger partial charge in [-0.05, 0) is 25.1 Å². The molecule has 0 saturated heterocycles. The van der Waals surface area contributed by atoms with Gasteiger partial charge in [0.15, 0.2) is 0 Å². The molecule has 110 valence electrons. The fraction of sp³-hybridized carbons (Fsp3) is 0.733. The Hall–Kier alpha value is -0.840. The third-order valence-corrected chi connectivity index (χ3v) is 3.08. The van der Waals surface area contributed by atoms with Gasteiger partial charge in [-0.25, -0.2) is 0 Å². The molecule has 0 aliphatic carbocycles. The third-order valence-electron chi connectivity index (χ3n) is 3.08. The summed E-state index contributed by atoms with van der Waals surface area (Å²) in [6, 6.07) is 3.97. The molecule has 0 spiro atoms. The molecule has 0 bridgehead atoms. The highest BCUT2D eigenvalue weighted by atomic mass is 16.5. The predicted octanol–water partition coefficient (Wildman–Crippen LogP) is 2.51. The van der Waals surface area contributed by atoms with Gasteiger partial charge in [0.2, 0.25) is 0 Å². The van der Waals surface area contributed by atoms with Crippen LogP contribution in [0.25, 0.3) is 0 Å². The number of nitrogens with one attached hydrogen (secondary N) is 1. The van der Waals surface area contributed by atoms with E-state index in [0.29, 0.717) is 0 Å². The Balaban J connectivity index is 1.97. The van der Waals surface area contributed by atoms with Crippen molar-refractivity contribution in [2.24, 2.45) is 0 Å². The first-order valence-electron chi connectivity index (χ1n) is 7.40. The Morgan fingerprint density at radius 3 is 2.84 bits per heavy atom. The van der Waals surface area contributed by atoms with Crippen molar-refractivity contribution < 1.29 is 9.15 Å². The Bertz CT molecular complexity index is 288. The van der Waals surface area contributed by atoms with E-state index in [0.717, 1.165) is 58.1 Å². The molecule has 0 aromatic carbocycles. The monoisotopic (exact) mass is 268 g/mol. The van der Waals surface area contributed by atoms with Gasteiger partial charge in [-0.15, -0.1) is 0 Å². The SMILES string of the molecule is CCCCOCCNCCN(CC)Cc1ccco1. The molecule has 0 fully saturated rings. The number of furan rings is 1. The predicted molar refractivity (Wildman–Crippen MR) is 78.3 cm³/mol. The standard InChI is InChI=1S/C15H28N2O2/c1-3-5-11-18-13-9-16-8-10-17(4-2)14-15-7-6-12-19-15/h6-7,12,16H,3-5,8-11,13-14H2,1-2H3. The van der Waals surface area contributed by atoms with Crippen LogP contribution in [0.5, 0.6) is 0 Å². The van der Waals surface area contributed by atoms with Gasteiger partial charge in [-0.2, -0.15) is 0 Å². The number of unbranched alkanes of at least 4 members (excludes halogenated alkanes) is 1. The lowest BCUT2D eigenvalue weighted by Gasteiger charge is -2.19. The van der Waals surface area contributed by atoms with Crippen molar-refractivity contribution in [3.8, 4) is 0 Å². The van der Waals surface area contributed by atoms with E-state index in [1.807, 2.05) is 12.1 Å². The normalized spacial score (nSPS) is 11.3. The van der Waals surface area contributed by atoms with Gasteiger partial charge in [0.25, 0.3) is 0 Å². The lowest BCUT2D eigenvalue weighted by Crippen LogP contribution is -2.33. The quantitative estimate of drug-likeness (QED) is 0.591. The van der Waals surface area contributed by atoms with Gasteiger partial charge in [-0.3, -0.25) is 4.90 Å². The molecule has 1 rings (SSSR count). The summed E-state index contributed by atoms with van der Waals surface area (Å²) in [4.78, 5) is 2.36. The summed E-state index contributed by atoms with van der Waals surface area (Å²) in [6.45, 7) is 10.9. The molecule has 0 aliphatic heterocycles. The fourth-order valence-corrected chi connectivity index (χ4v) is 1.83. The number of nitrogens with zero attached hydrogens (tertiary/aromatic N) is 1. The zero-order chi connectivity index (χ0) is 13.8. The van der Waals surface area contributed by atoms with Crippen LogP contribution in [0.15, 0.2) is 22.8 Å². The van der Waals surface area contributed by atoms with Crippen LogP contribution in [0.4, 0.5) is 0 Å². The van der Waals surface area contributed by atoms with Crippen LogP contribution in [0.1, 0.15) is 32.4 Å². The molecule has 0 amide bonds. The minimum atomic E-state index is 0.810. The average molecular weight is 268 g/mol. The van der Waals surface area contributed by atoms with Crippen molar-refractivity contribution in [2.75, 3.05) is 39.4 Å². The summed E-state index contributed by atoms with van der Waals surface area (Å²) >= 11 is 0. The molecule has 1 aromatic heterocycles. The van der Waals surface area contributed by atoms with E-state index < -0.39 is 0 Å². The topological polar surface area (TPSA) is 37.6 Å².